The highest BCUT2D eigenvalue weighted by Crippen LogP contribution is 2.37. The van der Waals surface area contributed by atoms with Crippen LogP contribution in [-0.4, -0.2) is 70.4 Å². The van der Waals surface area contributed by atoms with Crippen LogP contribution in [0.15, 0.2) is 47.4 Å². The Morgan fingerprint density at radius 1 is 0.875 bits per heavy atom. The number of nitrogens with zero attached hydrogens (tertiary/aromatic N) is 3. The van der Waals surface area contributed by atoms with Crippen LogP contribution in [-0.2, 0) is 19.4 Å². The number of hydrogen-bond donors (Lipinski definition) is 0. The second kappa shape index (κ2) is 7.79. The van der Waals surface area contributed by atoms with Crippen LogP contribution in [0.2, 0.25) is 0 Å². The van der Waals surface area contributed by atoms with E-state index in [4.69, 9.17) is 9.47 Å². The number of piperazine rings is 1. The van der Waals surface area contributed by atoms with Crippen molar-refractivity contribution in [3.05, 3.63) is 42.5 Å². The summed E-state index contributed by atoms with van der Waals surface area (Å²) >= 11 is 0. The lowest BCUT2D eigenvalue weighted by atomic mass is 10.1. The fourth-order valence-electron chi connectivity index (χ4n) is 4.39. The van der Waals surface area contributed by atoms with Gasteiger partial charge in [0.25, 0.3) is 5.91 Å². The second-order valence-corrected chi connectivity index (χ2v) is 10.1. The number of anilines is 2. The van der Waals surface area contributed by atoms with E-state index in [0.29, 0.717) is 48.3 Å². The summed E-state index contributed by atoms with van der Waals surface area (Å²) < 4.78 is 34.0. The first-order chi connectivity index (χ1) is 15.3. The lowest BCUT2D eigenvalue weighted by Crippen LogP contribution is -2.52. The molecule has 0 aromatic heterocycles. The second-order valence-electron chi connectivity index (χ2n) is 8.11. The first-order valence-electron chi connectivity index (χ1n) is 10.4. The Balaban J connectivity index is 1.25. The number of rotatable bonds is 4. The van der Waals surface area contributed by atoms with Gasteiger partial charge in [-0.25, -0.2) is 13.3 Å². The van der Waals surface area contributed by atoms with E-state index in [2.05, 4.69) is 9.80 Å². The molecule has 168 valence electrons. The van der Waals surface area contributed by atoms with E-state index in [-0.39, 0.29) is 25.0 Å². The molecule has 2 saturated heterocycles. The Kier molecular flexibility index (Phi) is 5.06. The van der Waals surface area contributed by atoms with Gasteiger partial charge in [-0.15, -0.1) is 0 Å². The number of amides is 2. The standard InChI is InChI=1S/C22H23N3O6S/c1-32(28,29)17-5-2-15(3-6-17)23-8-10-24(11-9-23)18-13-21(26)25(22(18)27)16-4-7-19-20(12-16)31-14-30-19/h2-7,12,18H,8-11,13-14H2,1H3/t18-/m0/s1. The maximum atomic E-state index is 13.1. The number of sulfone groups is 1. The van der Waals surface area contributed by atoms with Crippen molar-refractivity contribution in [1.29, 1.82) is 0 Å². The molecule has 0 aliphatic carbocycles. The molecule has 0 N–H and O–H groups in total. The van der Waals surface area contributed by atoms with Gasteiger partial charge in [0.15, 0.2) is 21.3 Å². The summed E-state index contributed by atoms with van der Waals surface area (Å²) in [4.78, 5) is 31.5. The molecule has 2 aromatic carbocycles. The summed E-state index contributed by atoms with van der Waals surface area (Å²) in [5.41, 5.74) is 1.43. The molecule has 3 aliphatic rings. The maximum absolute atomic E-state index is 13.1. The summed E-state index contributed by atoms with van der Waals surface area (Å²) in [6.07, 6.45) is 1.34. The number of fused-ring (bicyclic) bond motifs is 1. The van der Waals surface area contributed by atoms with Crippen molar-refractivity contribution < 1.29 is 27.5 Å². The van der Waals surface area contributed by atoms with Crippen molar-refractivity contribution >= 4 is 33.0 Å². The first-order valence-corrected chi connectivity index (χ1v) is 12.3. The van der Waals surface area contributed by atoms with Crippen molar-refractivity contribution in [2.24, 2.45) is 0 Å². The molecule has 2 amide bonds. The lowest BCUT2D eigenvalue weighted by Gasteiger charge is -2.38. The van der Waals surface area contributed by atoms with E-state index in [1.165, 1.54) is 11.2 Å². The number of carbonyl (C=O) groups excluding carboxylic acids is 2. The Morgan fingerprint density at radius 3 is 2.22 bits per heavy atom. The van der Waals surface area contributed by atoms with E-state index in [1.807, 2.05) is 0 Å². The van der Waals surface area contributed by atoms with Gasteiger partial charge in [0, 0.05) is 44.2 Å². The van der Waals surface area contributed by atoms with Crippen LogP contribution in [0, 0.1) is 0 Å². The fourth-order valence-corrected chi connectivity index (χ4v) is 5.02. The first kappa shape index (κ1) is 20.8. The zero-order valence-electron chi connectivity index (χ0n) is 17.6. The minimum atomic E-state index is -3.23. The van der Waals surface area contributed by atoms with Crippen LogP contribution >= 0.6 is 0 Å². The van der Waals surface area contributed by atoms with Crippen molar-refractivity contribution in [3.63, 3.8) is 0 Å². The molecule has 9 nitrogen and oxygen atoms in total. The van der Waals surface area contributed by atoms with Gasteiger partial charge in [-0.3, -0.25) is 14.5 Å². The van der Waals surface area contributed by atoms with Crippen LogP contribution in [0.4, 0.5) is 11.4 Å². The Hall–Kier alpha value is -3.11. The SMILES string of the molecule is CS(=O)(=O)c1ccc(N2CCN([C@H]3CC(=O)N(c4ccc5c(c4)OCO5)C3=O)CC2)cc1. The van der Waals surface area contributed by atoms with Crippen molar-refractivity contribution in [1.82, 2.24) is 4.90 Å². The molecule has 1 atom stereocenters. The molecule has 0 radical (unpaired) electrons. The average molecular weight is 458 g/mol. The maximum Gasteiger partial charge on any atom is 0.251 e. The quantitative estimate of drug-likeness (QED) is 0.634. The van der Waals surface area contributed by atoms with E-state index in [9.17, 15) is 18.0 Å². The predicted molar refractivity (Wildman–Crippen MR) is 117 cm³/mol. The van der Waals surface area contributed by atoms with Crippen molar-refractivity contribution in [2.75, 3.05) is 49.0 Å². The van der Waals surface area contributed by atoms with Gasteiger partial charge in [-0.2, -0.15) is 0 Å². The molecule has 3 heterocycles. The molecule has 2 aromatic rings. The molecular formula is C22H23N3O6S. The normalized spacial score (nSPS) is 21.5. The number of ether oxygens (including phenoxy) is 2. The predicted octanol–water partition coefficient (Wildman–Crippen LogP) is 1.27. The Morgan fingerprint density at radius 2 is 1.53 bits per heavy atom. The third kappa shape index (κ3) is 3.69. The van der Waals surface area contributed by atoms with Crippen LogP contribution in [0.1, 0.15) is 6.42 Å². The van der Waals surface area contributed by atoms with Gasteiger partial charge < -0.3 is 14.4 Å². The summed E-state index contributed by atoms with van der Waals surface area (Å²) in [6, 6.07) is 11.4. The van der Waals surface area contributed by atoms with E-state index in [1.54, 1.807) is 42.5 Å². The molecule has 0 unspecified atom stereocenters. The minimum absolute atomic E-state index is 0.130. The average Bonchev–Trinajstić information content (AvgIpc) is 3.36. The highest BCUT2D eigenvalue weighted by Gasteiger charge is 2.43. The third-order valence-corrected chi connectivity index (χ3v) is 7.25. The number of hydrogen-bond acceptors (Lipinski definition) is 8. The molecule has 10 heteroatoms. The molecule has 2 fully saturated rings. The van der Waals surface area contributed by atoms with Gasteiger partial charge in [0.2, 0.25) is 12.7 Å². The Labute approximate surface area is 186 Å². The topological polar surface area (TPSA) is 96.5 Å². The zero-order valence-corrected chi connectivity index (χ0v) is 18.4. The molecule has 3 aliphatic heterocycles. The van der Waals surface area contributed by atoms with Crippen LogP contribution in [0.25, 0.3) is 0 Å². The molecule has 32 heavy (non-hydrogen) atoms. The zero-order chi connectivity index (χ0) is 22.5. The lowest BCUT2D eigenvalue weighted by molar-refractivity contribution is -0.123. The summed E-state index contributed by atoms with van der Waals surface area (Å²) in [6.45, 7) is 2.75. The molecule has 0 spiro atoms. The van der Waals surface area contributed by atoms with E-state index >= 15 is 0 Å². The summed E-state index contributed by atoms with van der Waals surface area (Å²) in [5.74, 6) is 0.685. The summed E-state index contributed by atoms with van der Waals surface area (Å²) in [5, 5.41) is 0. The Bertz CT molecular complexity index is 1170. The monoisotopic (exact) mass is 457 g/mol. The fraction of sp³-hybridized carbons (Fsp3) is 0.364. The van der Waals surface area contributed by atoms with Crippen molar-refractivity contribution in [3.8, 4) is 11.5 Å². The van der Waals surface area contributed by atoms with Gasteiger partial charge in [0.1, 0.15) is 0 Å². The third-order valence-electron chi connectivity index (χ3n) is 6.12. The molecule has 0 saturated carbocycles. The minimum Gasteiger partial charge on any atom is -0.454 e. The molecular weight excluding hydrogens is 434 g/mol. The van der Waals surface area contributed by atoms with Crippen LogP contribution in [0.5, 0.6) is 11.5 Å². The smallest absolute Gasteiger partial charge is 0.251 e. The van der Waals surface area contributed by atoms with Gasteiger partial charge in [-0.1, -0.05) is 0 Å². The van der Waals surface area contributed by atoms with Gasteiger partial charge in [0.05, 0.1) is 23.0 Å². The number of imide groups is 1. The summed E-state index contributed by atoms with van der Waals surface area (Å²) in [7, 11) is -3.23. The number of benzene rings is 2. The van der Waals surface area contributed by atoms with Crippen molar-refractivity contribution in [2.45, 2.75) is 17.4 Å². The molecule has 5 rings (SSSR count). The van der Waals surface area contributed by atoms with E-state index < -0.39 is 15.9 Å². The van der Waals surface area contributed by atoms with Crippen LogP contribution < -0.4 is 19.3 Å². The largest absolute Gasteiger partial charge is 0.454 e. The van der Waals surface area contributed by atoms with Gasteiger partial charge >= 0.3 is 0 Å². The van der Waals surface area contributed by atoms with E-state index in [0.717, 1.165) is 5.69 Å². The number of carbonyl (C=O) groups is 2. The van der Waals surface area contributed by atoms with Crippen LogP contribution in [0.3, 0.4) is 0 Å². The highest BCUT2D eigenvalue weighted by molar-refractivity contribution is 7.90. The molecule has 0 bridgehead atoms. The van der Waals surface area contributed by atoms with Gasteiger partial charge in [-0.05, 0) is 36.4 Å². The highest BCUT2D eigenvalue weighted by atomic mass is 32.2.